The monoisotopic (exact) mass is 321 g/mol. The van der Waals surface area contributed by atoms with Crippen molar-refractivity contribution in [3.05, 3.63) is 70.2 Å². The van der Waals surface area contributed by atoms with E-state index in [4.69, 9.17) is 0 Å². The fourth-order valence-electron chi connectivity index (χ4n) is 2.68. The molecule has 0 spiro atoms. The number of fused-ring (bicyclic) bond motifs is 1. The van der Waals surface area contributed by atoms with Gasteiger partial charge in [-0.05, 0) is 23.8 Å². The number of rotatable bonds is 3. The van der Waals surface area contributed by atoms with Crippen LogP contribution in [0, 0.1) is 10.1 Å². The van der Waals surface area contributed by atoms with Crippen LogP contribution < -0.4 is 0 Å². The molecule has 0 saturated heterocycles. The second kappa shape index (κ2) is 5.33. The Hall–Kier alpha value is -2.99. The van der Waals surface area contributed by atoms with Gasteiger partial charge in [-0.1, -0.05) is 18.2 Å². The SMILES string of the molecule is O=[N+]([O-])c1ccc(-c2[nH]c3ccccc3c2-c2nccs2)cc1. The van der Waals surface area contributed by atoms with Gasteiger partial charge >= 0.3 is 0 Å². The predicted octanol–water partition coefficient (Wildman–Crippen LogP) is 4.87. The number of para-hydroxylation sites is 1. The van der Waals surface area contributed by atoms with Crippen molar-refractivity contribution in [2.24, 2.45) is 0 Å². The molecular weight excluding hydrogens is 310 g/mol. The lowest BCUT2D eigenvalue weighted by molar-refractivity contribution is -0.384. The number of hydrogen-bond acceptors (Lipinski definition) is 4. The summed E-state index contributed by atoms with van der Waals surface area (Å²) in [6.45, 7) is 0. The lowest BCUT2D eigenvalue weighted by Crippen LogP contribution is -1.88. The minimum atomic E-state index is -0.392. The molecule has 112 valence electrons. The largest absolute Gasteiger partial charge is 0.354 e. The van der Waals surface area contributed by atoms with Gasteiger partial charge in [0.05, 0.1) is 10.6 Å². The number of nitro groups is 1. The fraction of sp³-hybridized carbons (Fsp3) is 0. The molecule has 0 aliphatic heterocycles. The molecule has 0 bridgehead atoms. The Balaban J connectivity index is 1.96. The first-order valence-electron chi connectivity index (χ1n) is 6.99. The van der Waals surface area contributed by atoms with Gasteiger partial charge in [-0.3, -0.25) is 10.1 Å². The minimum absolute atomic E-state index is 0.0839. The maximum absolute atomic E-state index is 10.8. The van der Waals surface area contributed by atoms with Crippen LogP contribution in [0.3, 0.4) is 0 Å². The van der Waals surface area contributed by atoms with Gasteiger partial charge in [0.15, 0.2) is 0 Å². The average Bonchev–Trinajstić information content (AvgIpc) is 3.21. The van der Waals surface area contributed by atoms with E-state index in [9.17, 15) is 10.1 Å². The van der Waals surface area contributed by atoms with Gasteiger partial charge < -0.3 is 4.98 Å². The van der Waals surface area contributed by atoms with Crippen molar-refractivity contribution in [2.45, 2.75) is 0 Å². The summed E-state index contributed by atoms with van der Waals surface area (Å²) in [6, 6.07) is 14.6. The molecular formula is C17H11N3O2S. The zero-order chi connectivity index (χ0) is 15.8. The minimum Gasteiger partial charge on any atom is -0.354 e. The van der Waals surface area contributed by atoms with Crippen LogP contribution in [0.15, 0.2) is 60.1 Å². The zero-order valence-corrected chi connectivity index (χ0v) is 12.7. The lowest BCUT2D eigenvalue weighted by Gasteiger charge is -2.02. The Bertz CT molecular complexity index is 989. The van der Waals surface area contributed by atoms with E-state index in [1.54, 1.807) is 29.7 Å². The number of nitrogens with zero attached hydrogens (tertiary/aromatic N) is 2. The number of aromatic amines is 1. The van der Waals surface area contributed by atoms with E-state index < -0.39 is 4.92 Å². The molecule has 4 rings (SSSR count). The van der Waals surface area contributed by atoms with Crippen molar-refractivity contribution < 1.29 is 4.92 Å². The van der Waals surface area contributed by atoms with Gasteiger partial charge in [-0.2, -0.15) is 0 Å². The van der Waals surface area contributed by atoms with Crippen molar-refractivity contribution in [1.29, 1.82) is 0 Å². The first-order valence-corrected chi connectivity index (χ1v) is 7.87. The normalized spacial score (nSPS) is 11.0. The Morgan fingerprint density at radius 2 is 1.87 bits per heavy atom. The topological polar surface area (TPSA) is 71.8 Å². The average molecular weight is 321 g/mol. The molecule has 1 N–H and O–H groups in total. The van der Waals surface area contributed by atoms with Gasteiger partial charge in [-0.15, -0.1) is 11.3 Å². The smallest absolute Gasteiger partial charge is 0.269 e. The molecule has 0 aliphatic carbocycles. The summed E-state index contributed by atoms with van der Waals surface area (Å²) in [4.78, 5) is 18.3. The summed E-state index contributed by atoms with van der Waals surface area (Å²) < 4.78 is 0. The number of nitro benzene ring substituents is 1. The Morgan fingerprint density at radius 3 is 2.57 bits per heavy atom. The third-order valence-corrected chi connectivity index (χ3v) is 4.51. The number of thiazole rings is 1. The van der Waals surface area contributed by atoms with Gasteiger partial charge in [0.25, 0.3) is 5.69 Å². The van der Waals surface area contributed by atoms with Crippen LogP contribution in [-0.4, -0.2) is 14.9 Å². The van der Waals surface area contributed by atoms with Gasteiger partial charge in [0.1, 0.15) is 5.01 Å². The van der Waals surface area contributed by atoms with Crippen LogP contribution in [-0.2, 0) is 0 Å². The lowest BCUT2D eigenvalue weighted by atomic mass is 10.1. The number of nitrogens with one attached hydrogen (secondary N) is 1. The first kappa shape index (κ1) is 13.7. The quantitative estimate of drug-likeness (QED) is 0.432. The second-order valence-corrected chi connectivity index (χ2v) is 5.96. The molecule has 0 aliphatic rings. The highest BCUT2D eigenvalue weighted by Gasteiger charge is 2.17. The molecule has 2 aromatic carbocycles. The maximum Gasteiger partial charge on any atom is 0.269 e. The fourth-order valence-corrected chi connectivity index (χ4v) is 3.38. The van der Waals surface area contributed by atoms with Gasteiger partial charge in [0.2, 0.25) is 0 Å². The molecule has 0 unspecified atom stereocenters. The maximum atomic E-state index is 10.8. The Morgan fingerprint density at radius 1 is 1.09 bits per heavy atom. The number of H-pyrrole nitrogens is 1. The molecule has 0 atom stereocenters. The highest BCUT2D eigenvalue weighted by Crippen LogP contribution is 2.39. The summed E-state index contributed by atoms with van der Waals surface area (Å²) in [7, 11) is 0. The third kappa shape index (κ3) is 2.29. The van der Waals surface area contributed by atoms with Crippen molar-refractivity contribution in [1.82, 2.24) is 9.97 Å². The van der Waals surface area contributed by atoms with Crippen LogP contribution in [0.1, 0.15) is 0 Å². The summed E-state index contributed by atoms with van der Waals surface area (Å²) in [5.74, 6) is 0. The number of hydrogen-bond donors (Lipinski definition) is 1. The molecule has 0 fully saturated rings. The van der Waals surface area contributed by atoms with Crippen LogP contribution in [0.5, 0.6) is 0 Å². The van der Waals surface area contributed by atoms with Crippen LogP contribution >= 0.6 is 11.3 Å². The molecule has 2 heterocycles. The van der Waals surface area contributed by atoms with E-state index in [2.05, 4.69) is 16.0 Å². The highest BCUT2D eigenvalue weighted by molar-refractivity contribution is 7.13. The number of non-ortho nitro benzene ring substituents is 1. The van der Waals surface area contributed by atoms with Crippen molar-refractivity contribution >= 4 is 27.9 Å². The van der Waals surface area contributed by atoms with E-state index in [-0.39, 0.29) is 5.69 Å². The molecule has 0 radical (unpaired) electrons. The molecule has 5 nitrogen and oxygen atoms in total. The first-order chi connectivity index (χ1) is 11.2. The summed E-state index contributed by atoms with van der Waals surface area (Å²) >= 11 is 1.57. The van der Waals surface area contributed by atoms with E-state index in [0.29, 0.717) is 0 Å². The van der Waals surface area contributed by atoms with E-state index in [1.807, 2.05) is 23.6 Å². The van der Waals surface area contributed by atoms with Crippen LogP contribution in [0.25, 0.3) is 32.7 Å². The standard InChI is InChI=1S/C17H11N3O2S/c21-20(22)12-7-5-11(6-8-12)16-15(17-18-9-10-23-17)13-3-1-2-4-14(13)19-16/h1-10,19H. The molecule has 0 saturated carbocycles. The molecule has 0 amide bonds. The molecule has 23 heavy (non-hydrogen) atoms. The van der Waals surface area contributed by atoms with Gasteiger partial charge in [-0.25, -0.2) is 4.98 Å². The molecule has 4 aromatic rings. The summed E-state index contributed by atoms with van der Waals surface area (Å²) in [5, 5.41) is 14.8. The number of aromatic nitrogens is 2. The van der Waals surface area contributed by atoms with E-state index >= 15 is 0 Å². The van der Waals surface area contributed by atoms with Gasteiger partial charge in [0, 0.05) is 40.2 Å². The van der Waals surface area contributed by atoms with Crippen molar-refractivity contribution in [3.63, 3.8) is 0 Å². The Kier molecular flexibility index (Phi) is 3.17. The second-order valence-electron chi connectivity index (χ2n) is 5.06. The molecule has 2 aromatic heterocycles. The number of benzene rings is 2. The van der Waals surface area contributed by atoms with Crippen molar-refractivity contribution in [3.8, 4) is 21.8 Å². The Labute approximate surface area is 135 Å². The predicted molar refractivity (Wildman–Crippen MR) is 91.5 cm³/mol. The third-order valence-electron chi connectivity index (χ3n) is 3.72. The summed E-state index contributed by atoms with van der Waals surface area (Å²) in [5.41, 5.74) is 3.96. The summed E-state index contributed by atoms with van der Waals surface area (Å²) in [6.07, 6.45) is 1.78. The van der Waals surface area contributed by atoms with E-state index in [1.165, 1.54) is 12.1 Å². The van der Waals surface area contributed by atoms with Crippen LogP contribution in [0.2, 0.25) is 0 Å². The van der Waals surface area contributed by atoms with Crippen LogP contribution in [0.4, 0.5) is 5.69 Å². The highest BCUT2D eigenvalue weighted by atomic mass is 32.1. The zero-order valence-electron chi connectivity index (χ0n) is 11.9. The van der Waals surface area contributed by atoms with E-state index in [0.717, 1.165) is 32.7 Å². The molecule has 6 heteroatoms. The van der Waals surface area contributed by atoms with Crippen molar-refractivity contribution in [2.75, 3.05) is 0 Å².